The molecular weight excluding hydrogens is 238 g/mol. The Labute approximate surface area is 113 Å². The molecular formula is C15H19N3O. The van der Waals surface area contributed by atoms with Crippen molar-refractivity contribution in [3.63, 3.8) is 0 Å². The lowest BCUT2D eigenvalue weighted by Crippen LogP contribution is -2.44. The van der Waals surface area contributed by atoms with E-state index in [-0.39, 0.29) is 5.54 Å². The normalized spacial score (nSPS) is 17.2. The summed E-state index contributed by atoms with van der Waals surface area (Å²) >= 11 is 0. The molecule has 2 aromatic rings. The Bertz CT molecular complexity index is 555. The molecule has 0 amide bonds. The Balaban J connectivity index is 1.63. The van der Waals surface area contributed by atoms with E-state index in [1.807, 2.05) is 0 Å². The van der Waals surface area contributed by atoms with Crippen LogP contribution >= 0.6 is 0 Å². The minimum Gasteiger partial charge on any atom is -0.339 e. The van der Waals surface area contributed by atoms with E-state index in [1.165, 1.54) is 11.1 Å². The molecule has 0 atom stereocenters. The van der Waals surface area contributed by atoms with Crippen molar-refractivity contribution in [2.24, 2.45) is 5.73 Å². The van der Waals surface area contributed by atoms with E-state index in [0.29, 0.717) is 11.7 Å². The molecule has 4 heteroatoms. The molecule has 1 aliphatic rings. The molecule has 0 spiro atoms. The van der Waals surface area contributed by atoms with Gasteiger partial charge in [0.2, 0.25) is 5.89 Å². The van der Waals surface area contributed by atoms with Gasteiger partial charge in [0.05, 0.1) is 5.54 Å². The number of hydrogen-bond donors (Lipinski definition) is 1. The first-order valence-electron chi connectivity index (χ1n) is 6.83. The Kier molecular flexibility index (Phi) is 3.11. The summed E-state index contributed by atoms with van der Waals surface area (Å²) in [5, 5.41) is 4.03. The van der Waals surface area contributed by atoms with Gasteiger partial charge >= 0.3 is 0 Å². The average molecular weight is 257 g/mol. The van der Waals surface area contributed by atoms with E-state index in [1.54, 1.807) is 0 Å². The van der Waals surface area contributed by atoms with Crippen LogP contribution in [0.15, 0.2) is 28.8 Å². The summed E-state index contributed by atoms with van der Waals surface area (Å²) in [4.78, 5) is 4.43. The fraction of sp³-hybridized carbons (Fsp3) is 0.467. The second-order valence-electron chi connectivity index (χ2n) is 5.51. The van der Waals surface area contributed by atoms with Crippen LogP contribution in [-0.4, -0.2) is 10.1 Å². The first-order chi connectivity index (χ1) is 9.16. The predicted molar refractivity (Wildman–Crippen MR) is 72.6 cm³/mol. The van der Waals surface area contributed by atoms with Crippen molar-refractivity contribution < 1.29 is 4.52 Å². The zero-order chi connectivity index (χ0) is 13.3. The second kappa shape index (κ2) is 4.78. The number of nitrogens with two attached hydrogens (primary N) is 1. The molecule has 1 aromatic carbocycles. The smallest absolute Gasteiger partial charge is 0.227 e. The molecule has 1 aliphatic carbocycles. The maximum Gasteiger partial charge on any atom is 0.227 e. The SMILES string of the molecule is Cc1ccc(CCc2nc(C3(N)CCC3)no2)cc1. The third-order valence-corrected chi connectivity index (χ3v) is 3.91. The van der Waals surface area contributed by atoms with Crippen molar-refractivity contribution in [1.82, 2.24) is 10.1 Å². The zero-order valence-electron chi connectivity index (χ0n) is 11.2. The Morgan fingerprint density at radius 2 is 1.95 bits per heavy atom. The van der Waals surface area contributed by atoms with Gasteiger partial charge < -0.3 is 10.3 Å². The molecule has 3 rings (SSSR count). The highest BCUT2D eigenvalue weighted by Gasteiger charge is 2.38. The number of benzene rings is 1. The summed E-state index contributed by atoms with van der Waals surface area (Å²) in [5.74, 6) is 1.37. The molecule has 1 fully saturated rings. The molecule has 1 aromatic heterocycles. The molecule has 0 bridgehead atoms. The fourth-order valence-corrected chi connectivity index (χ4v) is 2.35. The first-order valence-corrected chi connectivity index (χ1v) is 6.83. The van der Waals surface area contributed by atoms with Gasteiger partial charge in [0, 0.05) is 6.42 Å². The number of nitrogens with zero attached hydrogens (tertiary/aromatic N) is 2. The summed E-state index contributed by atoms with van der Waals surface area (Å²) in [7, 11) is 0. The molecule has 0 saturated heterocycles. The van der Waals surface area contributed by atoms with Gasteiger partial charge in [-0.2, -0.15) is 4.98 Å². The Morgan fingerprint density at radius 1 is 1.21 bits per heavy atom. The quantitative estimate of drug-likeness (QED) is 0.914. The summed E-state index contributed by atoms with van der Waals surface area (Å²) in [6.45, 7) is 2.09. The molecule has 100 valence electrons. The van der Waals surface area contributed by atoms with Crippen LogP contribution in [0, 0.1) is 6.92 Å². The second-order valence-corrected chi connectivity index (χ2v) is 5.51. The van der Waals surface area contributed by atoms with Gasteiger partial charge in [-0.05, 0) is 38.2 Å². The first kappa shape index (κ1) is 12.4. The van der Waals surface area contributed by atoms with Crippen LogP contribution in [-0.2, 0) is 18.4 Å². The van der Waals surface area contributed by atoms with Crippen molar-refractivity contribution in [2.45, 2.75) is 44.6 Å². The number of aromatic nitrogens is 2. The van der Waals surface area contributed by atoms with E-state index in [0.717, 1.165) is 32.1 Å². The third kappa shape index (κ3) is 2.54. The summed E-state index contributed by atoms with van der Waals surface area (Å²) in [6.07, 6.45) is 4.77. The molecule has 1 heterocycles. The monoisotopic (exact) mass is 257 g/mol. The van der Waals surface area contributed by atoms with Gasteiger partial charge in [0.15, 0.2) is 5.82 Å². The van der Waals surface area contributed by atoms with Gasteiger partial charge in [0.25, 0.3) is 0 Å². The van der Waals surface area contributed by atoms with Crippen LogP contribution in [0.1, 0.15) is 42.1 Å². The molecule has 2 N–H and O–H groups in total. The third-order valence-electron chi connectivity index (χ3n) is 3.91. The van der Waals surface area contributed by atoms with Crippen LogP contribution in [0.3, 0.4) is 0 Å². The predicted octanol–water partition coefficient (Wildman–Crippen LogP) is 2.50. The molecule has 0 unspecified atom stereocenters. The molecule has 0 radical (unpaired) electrons. The summed E-state index contributed by atoms with van der Waals surface area (Å²) in [6, 6.07) is 8.53. The number of aryl methyl sites for hydroxylation is 3. The van der Waals surface area contributed by atoms with Crippen molar-refractivity contribution in [3.05, 3.63) is 47.1 Å². The van der Waals surface area contributed by atoms with Crippen LogP contribution in [0.4, 0.5) is 0 Å². The fourth-order valence-electron chi connectivity index (χ4n) is 2.35. The minimum absolute atomic E-state index is 0.328. The molecule has 19 heavy (non-hydrogen) atoms. The topological polar surface area (TPSA) is 64.9 Å². The van der Waals surface area contributed by atoms with Crippen molar-refractivity contribution in [1.29, 1.82) is 0 Å². The van der Waals surface area contributed by atoms with Crippen molar-refractivity contribution in [2.75, 3.05) is 0 Å². The highest BCUT2D eigenvalue weighted by molar-refractivity contribution is 5.21. The van der Waals surface area contributed by atoms with E-state index in [4.69, 9.17) is 10.3 Å². The number of hydrogen-bond acceptors (Lipinski definition) is 4. The van der Waals surface area contributed by atoms with Gasteiger partial charge in [-0.25, -0.2) is 0 Å². The molecule has 4 nitrogen and oxygen atoms in total. The average Bonchev–Trinajstić information content (AvgIpc) is 2.84. The highest BCUT2D eigenvalue weighted by Crippen LogP contribution is 2.36. The zero-order valence-corrected chi connectivity index (χ0v) is 11.2. The summed E-state index contributed by atoms with van der Waals surface area (Å²) in [5.41, 5.74) is 8.41. The van der Waals surface area contributed by atoms with E-state index < -0.39 is 0 Å². The van der Waals surface area contributed by atoms with Crippen LogP contribution in [0.5, 0.6) is 0 Å². The Morgan fingerprint density at radius 3 is 2.58 bits per heavy atom. The maximum absolute atomic E-state index is 6.18. The van der Waals surface area contributed by atoms with Crippen molar-refractivity contribution in [3.8, 4) is 0 Å². The van der Waals surface area contributed by atoms with Crippen LogP contribution in [0.25, 0.3) is 0 Å². The largest absolute Gasteiger partial charge is 0.339 e. The maximum atomic E-state index is 6.18. The minimum atomic E-state index is -0.328. The van der Waals surface area contributed by atoms with Gasteiger partial charge in [-0.15, -0.1) is 0 Å². The number of rotatable bonds is 4. The van der Waals surface area contributed by atoms with Crippen molar-refractivity contribution >= 4 is 0 Å². The van der Waals surface area contributed by atoms with Gasteiger partial charge in [-0.1, -0.05) is 35.0 Å². The van der Waals surface area contributed by atoms with E-state index in [9.17, 15) is 0 Å². The highest BCUT2D eigenvalue weighted by atomic mass is 16.5. The lowest BCUT2D eigenvalue weighted by atomic mass is 9.77. The van der Waals surface area contributed by atoms with E-state index >= 15 is 0 Å². The summed E-state index contributed by atoms with van der Waals surface area (Å²) < 4.78 is 5.29. The Hall–Kier alpha value is -1.68. The molecule has 0 aliphatic heterocycles. The lowest BCUT2D eigenvalue weighted by molar-refractivity contribution is 0.229. The molecule has 1 saturated carbocycles. The van der Waals surface area contributed by atoms with Gasteiger partial charge in [-0.3, -0.25) is 0 Å². The van der Waals surface area contributed by atoms with Gasteiger partial charge in [0.1, 0.15) is 0 Å². The lowest BCUT2D eigenvalue weighted by Gasteiger charge is -2.34. The van der Waals surface area contributed by atoms with Crippen LogP contribution < -0.4 is 5.73 Å². The van der Waals surface area contributed by atoms with E-state index in [2.05, 4.69) is 41.3 Å². The van der Waals surface area contributed by atoms with Crippen LogP contribution in [0.2, 0.25) is 0 Å². The standard InChI is InChI=1S/C15H19N3O/c1-11-3-5-12(6-4-11)7-8-13-17-14(18-19-13)15(16)9-2-10-15/h3-6H,2,7-10,16H2,1H3.